The van der Waals surface area contributed by atoms with E-state index in [0.717, 1.165) is 17.5 Å². The van der Waals surface area contributed by atoms with Crippen LogP contribution in [0.1, 0.15) is 25.3 Å². The first kappa shape index (κ1) is 11.0. The number of rotatable bonds is 4. The van der Waals surface area contributed by atoms with Crippen LogP contribution in [-0.4, -0.2) is 18.0 Å². The lowest BCUT2D eigenvalue weighted by molar-refractivity contribution is 0.226. The molecule has 1 unspecified atom stereocenters. The Bertz CT molecular complexity index is 316. The smallest absolute Gasteiger partial charge is 0.0406 e. The van der Waals surface area contributed by atoms with Crippen LogP contribution >= 0.6 is 11.6 Å². The van der Waals surface area contributed by atoms with Gasteiger partial charge in [-0.15, -0.1) is 0 Å². The Morgan fingerprint density at radius 3 is 2.47 bits per heavy atom. The zero-order valence-corrected chi connectivity index (χ0v) is 10.2. The molecule has 1 saturated carbocycles. The quantitative estimate of drug-likeness (QED) is 0.755. The summed E-state index contributed by atoms with van der Waals surface area (Å²) >= 11 is 5.86. The van der Waals surface area contributed by atoms with E-state index in [1.54, 1.807) is 0 Å². The van der Waals surface area contributed by atoms with Crippen LogP contribution in [-0.2, 0) is 6.54 Å². The Morgan fingerprint density at radius 1 is 1.33 bits per heavy atom. The van der Waals surface area contributed by atoms with E-state index in [4.69, 9.17) is 11.6 Å². The van der Waals surface area contributed by atoms with Crippen molar-refractivity contribution in [3.8, 4) is 0 Å². The van der Waals surface area contributed by atoms with Crippen molar-refractivity contribution in [3.05, 3.63) is 34.9 Å². The lowest BCUT2D eigenvalue weighted by Gasteiger charge is -2.24. The van der Waals surface area contributed by atoms with E-state index in [1.807, 2.05) is 12.1 Å². The van der Waals surface area contributed by atoms with Gasteiger partial charge in [0, 0.05) is 17.6 Å². The molecular formula is C13H18ClN. The largest absolute Gasteiger partial charge is 0.299 e. The predicted molar refractivity (Wildman–Crippen MR) is 65.1 cm³/mol. The fourth-order valence-corrected chi connectivity index (χ4v) is 2.09. The van der Waals surface area contributed by atoms with E-state index in [2.05, 4.69) is 31.0 Å². The van der Waals surface area contributed by atoms with Crippen LogP contribution in [0.3, 0.4) is 0 Å². The maximum Gasteiger partial charge on any atom is 0.0406 e. The summed E-state index contributed by atoms with van der Waals surface area (Å²) in [6.07, 6.45) is 2.82. The van der Waals surface area contributed by atoms with Crippen LogP contribution in [0.5, 0.6) is 0 Å². The standard InChI is InChI=1S/C13H18ClN/c1-10(12-5-6-12)15(2)9-11-3-7-13(14)8-4-11/h3-4,7-8,10,12H,5-6,9H2,1-2H3. The van der Waals surface area contributed by atoms with Gasteiger partial charge in [-0.05, 0) is 50.4 Å². The zero-order chi connectivity index (χ0) is 10.8. The first-order chi connectivity index (χ1) is 7.16. The molecule has 15 heavy (non-hydrogen) atoms. The Kier molecular flexibility index (Phi) is 3.32. The van der Waals surface area contributed by atoms with Gasteiger partial charge in [0.05, 0.1) is 0 Å². The topological polar surface area (TPSA) is 3.24 Å². The maximum atomic E-state index is 5.86. The molecule has 0 bridgehead atoms. The van der Waals surface area contributed by atoms with Crippen molar-refractivity contribution in [2.45, 2.75) is 32.4 Å². The van der Waals surface area contributed by atoms with E-state index in [9.17, 15) is 0 Å². The molecule has 1 aliphatic carbocycles. The van der Waals surface area contributed by atoms with Crippen molar-refractivity contribution in [3.63, 3.8) is 0 Å². The summed E-state index contributed by atoms with van der Waals surface area (Å²) < 4.78 is 0. The van der Waals surface area contributed by atoms with Crippen molar-refractivity contribution in [2.75, 3.05) is 7.05 Å². The number of benzene rings is 1. The third-order valence-corrected chi connectivity index (χ3v) is 3.60. The minimum Gasteiger partial charge on any atom is -0.299 e. The van der Waals surface area contributed by atoms with Crippen molar-refractivity contribution in [2.24, 2.45) is 5.92 Å². The normalized spacial score (nSPS) is 18.1. The Hall–Kier alpha value is -0.530. The molecule has 1 fully saturated rings. The molecule has 0 N–H and O–H groups in total. The third-order valence-electron chi connectivity index (χ3n) is 3.34. The molecule has 2 rings (SSSR count). The molecule has 1 nitrogen and oxygen atoms in total. The van der Waals surface area contributed by atoms with E-state index in [1.165, 1.54) is 18.4 Å². The van der Waals surface area contributed by atoms with Gasteiger partial charge in [0.2, 0.25) is 0 Å². The number of hydrogen-bond acceptors (Lipinski definition) is 1. The number of nitrogens with zero attached hydrogens (tertiary/aromatic N) is 1. The van der Waals surface area contributed by atoms with E-state index < -0.39 is 0 Å². The molecule has 0 saturated heterocycles. The molecule has 2 heteroatoms. The molecule has 0 aliphatic heterocycles. The summed E-state index contributed by atoms with van der Waals surface area (Å²) in [5, 5.41) is 0.816. The lowest BCUT2D eigenvalue weighted by atomic mass is 10.1. The summed E-state index contributed by atoms with van der Waals surface area (Å²) in [5.41, 5.74) is 1.34. The first-order valence-electron chi connectivity index (χ1n) is 5.61. The van der Waals surface area contributed by atoms with E-state index in [-0.39, 0.29) is 0 Å². The Morgan fingerprint density at radius 2 is 1.93 bits per heavy atom. The average Bonchev–Trinajstić information content (AvgIpc) is 3.04. The minimum absolute atomic E-state index is 0.709. The molecule has 0 aromatic heterocycles. The van der Waals surface area contributed by atoms with Crippen LogP contribution in [0.4, 0.5) is 0 Å². The molecular weight excluding hydrogens is 206 g/mol. The number of hydrogen-bond donors (Lipinski definition) is 0. The zero-order valence-electron chi connectivity index (χ0n) is 9.41. The SMILES string of the molecule is CC(C1CC1)N(C)Cc1ccc(Cl)cc1. The summed E-state index contributed by atoms with van der Waals surface area (Å²) in [6, 6.07) is 8.86. The van der Waals surface area contributed by atoms with E-state index in [0.29, 0.717) is 6.04 Å². The van der Waals surface area contributed by atoms with Gasteiger partial charge in [0.25, 0.3) is 0 Å². The molecule has 0 heterocycles. The minimum atomic E-state index is 0.709. The summed E-state index contributed by atoms with van der Waals surface area (Å²) in [7, 11) is 2.21. The summed E-state index contributed by atoms with van der Waals surface area (Å²) in [6.45, 7) is 3.35. The monoisotopic (exact) mass is 223 g/mol. The molecule has 1 aliphatic rings. The maximum absolute atomic E-state index is 5.86. The first-order valence-corrected chi connectivity index (χ1v) is 5.99. The van der Waals surface area contributed by atoms with Crippen molar-refractivity contribution in [1.29, 1.82) is 0 Å². The highest BCUT2D eigenvalue weighted by molar-refractivity contribution is 6.30. The van der Waals surface area contributed by atoms with Gasteiger partial charge >= 0.3 is 0 Å². The Balaban J connectivity index is 1.92. The highest BCUT2D eigenvalue weighted by Crippen LogP contribution is 2.35. The molecule has 82 valence electrons. The molecule has 0 amide bonds. The second-order valence-electron chi connectivity index (χ2n) is 4.62. The van der Waals surface area contributed by atoms with Gasteiger partial charge in [-0.1, -0.05) is 23.7 Å². The molecule has 1 aromatic carbocycles. The average molecular weight is 224 g/mol. The second kappa shape index (κ2) is 4.54. The fraction of sp³-hybridized carbons (Fsp3) is 0.538. The van der Waals surface area contributed by atoms with Crippen molar-refractivity contribution >= 4 is 11.6 Å². The van der Waals surface area contributed by atoms with E-state index >= 15 is 0 Å². The van der Waals surface area contributed by atoms with Gasteiger partial charge in [0.1, 0.15) is 0 Å². The molecule has 0 spiro atoms. The van der Waals surface area contributed by atoms with Gasteiger partial charge in [0.15, 0.2) is 0 Å². The predicted octanol–water partition coefficient (Wildman–Crippen LogP) is 3.57. The van der Waals surface area contributed by atoms with Gasteiger partial charge in [-0.3, -0.25) is 4.90 Å². The number of halogens is 1. The van der Waals surface area contributed by atoms with Crippen LogP contribution in [0.25, 0.3) is 0 Å². The molecule has 0 radical (unpaired) electrons. The van der Waals surface area contributed by atoms with Crippen LogP contribution < -0.4 is 0 Å². The van der Waals surface area contributed by atoms with Gasteiger partial charge in [-0.25, -0.2) is 0 Å². The van der Waals surface area contributed by atoms with Crippen LogP contribution in [0.2, 0.25) is 5.02 Å². The highest BCUT2D eigenvalue weighted by atomic mass is 35.5. The summed E-state index contributed by atoms with van der Waals surface area (Å²) in [4.78, 5) is 2.43. The lowest BCUT2D eigenvalue weighted by Crippen LogP contribution is -2.30. The Labute approximate surface area is 97.0 Å². The van der Waals surface area contributed by atoms with Crippen molar-refractivity contribution in [1.82, 2.24) is 4.90 Å². The fourth-order valence-electron chi connectivity index (χ4n) is 1.96. The van der Waals surface area contributed by atoms with Crippen LogP contribution in [0, 0.1) is 5.92 Å². The molecule has 1 atom stereocenters. The molecule has 1 aromatic rings. The van der Waals surface area contributed by atoms with Crippen molar-refractivity contribution < 1.29 is 0 Å². The van der Waals surface area contributed by atoms with Gasteiger partial charge in [-0.2, -0.15) is 0 Å². The van der Waals surface area contributed by atoms with Crippen LogP contribution in [0.15, 0.2) is 24.3 Å². The second-order valence-corrected chi connectivity index (χ2v) is 5.06. The summed E-state index contributed by atoms with van der Waals surface area (Å²) in [5.74, 6) is 0.933. The highest BCUT2D eigenvalue weighted by Gasteiger charge is 2.30. The van der Waals surface area contributed by atoms with Gasteiger partial charge < -0.3 is 0 Å². The third kappa shape index (κ3) is 2.96.